The van der Waals surface area contributed by atoms with Crippen molar-refractivity contribution in [2.24, 2.45) is 5.73 Å². The molecule has 1 aromatic rings. The van der Waals surface area contributed by atoms with Crippen LogP contribution in [0, 0.1) is 0 Å². The Morgan fingerprint density at radius 3 is 2.79 bits per heavy atom. The fraction of sp³-hybridized carbons (Fsp3) is 0.455. The van der Waals surface area contributed by atoms with Gasteiger partial charge in [-0.25, -0.2) is 0 Å². The molecule has 0 heterocycles. The van der Waals surface area contributed by atoms with Crippen molar-refractivity contribution < 1.29 is 10.2 Å². The zero-order valence-electron chi connectivity index (χ0n) is 8.19. The van der Waals surface area contributed by atoms with Gasteiger partial charge in [0.15, 0.2) is 0 Å². The van der Waals surface area contributed by atoms with Crippen molar-refractivity contribution in [1.82, 2.24) is 0 Å². The van der Waals surface area contributed by atoms with Gasteiger partial charge in [0.1, 0.15) is 6.10 Å². The molecule has 3 nitrogen and oxygen atoms in total. The molecule has 0 aromatic heterocycles. The van der Waals surface area contributed by atoms with Gasteiger partial charge in [-0.1, -0.05) is 24.3 Å². The second kappa shape index (κ2) is 5.75. The maximum atomic E-state index is 9.40. The Bertz CT molecular complexity index is 276. The van der Waals surface area contributed by atoms with Gasteiger partial charge in [-0.3, -0.25) is 0 Å². The zero-order valence-corrected chi connectivity index (χ0v) is 8.19. The number of aliphatic hydroxyl groups excluding tert-OH is 2. The van der Waals surface area contributed by atoms with Gasteiger partial charge >= 0.3 is 0 Å². The molecule has 0 aliphatic rings. The van der Waals surface area contributed by atoms with Gasteiger partial charge in [-0.05, 0) is 30.5 Å². The summed E-state index contributed by atoms with van der Waals surface area (Å²) in [6.45, 7) is 0.438. The zero-order chi connectivity index (χ0) is 10.4. The quantitative estimate of drug-likeness (QED) is 0.644. The number of aliphatic hydroxyl groups is 2. The van der Waals surface area contributed by atoms with Gasteiger partial charge in [-0.15, -0.1) is 0 Å². The summed E-state index contributed by atoms with van der Waals surface area (Å²) in [7, 11) is 0. The third kappa shape index (κ3) is 3.10. The highest BCUT2D eigenvalue weighted by Gasteiger charge is 2.05. The minimum absolute atomic E-state index is 0.236. The molecule has 1 rings (SSSR count). The first-order chi connectivity index (χ1) is 6.77. The number of benzene rings is 1. The second-order valence-corrected chi connectivity index (χ2v) is 3.34. The first kappa shape index (κ1) is 11.2. The smallest absolute Gasteiger partial charge is 0.102 e. The topological polar surface area (TPSA) is 66.5 Å². The summed E-state index contributed by atoms with van der Waals surface area (Å²) in [5.41, 5.74) is 7.33. The summed E-state index contributed by atoms with van der Waals surface area (Å²) >= 11 is 0. The molecular weight excluding hydrogens is 178 g/mol. The average molecular weight is 195 g/mol. The lowest BCUT2D eigenvalue weighted by Gasteiger charge is -2.09. The van der Waals surface area contributed by atoms with Crippen LogP contribution in [0.2, 0.25) is 0 Å². The van der Waals surface area contributed by atoms with Crippen molar-refractivity contribution in [3.05, 3.63) is 35.4 Å². The van der Waals surface area contributed by atoms with Gasteiger partial charge < -0.3 is 15.9 Å². The van der Waals surface area contributed by atoms with Crippen LogP contribution in [0.3, 0.4) is 0 Å². The van der Waals surface area contributed by atoms with Crippen LogP contribution in [-0.4, -0.2) is 23.4 Å². The monoisotopic (exact) mass is 195 g/mol. The highest BCUT2D eigenvalue weighted by molar-refractivity contribution is 5.25. The summed E-state index contributed by atoms with van der Waals surface area (Å²) in [5, 5.41) is 18.2. The minimum atomic E-state index is -0.771. The molecule has 1 atom stereocenters. The van der Waals surface area contributed by atoms with Crippen molar-refractivity contribution >= 4 is 0 Å². The second-order valence-electron chi connectivity index (χ2n) is 3.34. The van der Waals surface area contributed by atoms with Crippen molar-refractivity contribution in [3.63, 3.8) is 0 Å². The van der Waals surface area contributed by atoms with Crippen LogP contribution in [0.15, 0.2) is 24.3 Å². The summed E-state index contributed by atoms with van der Waals surface area (Å²) in [6.07, 6.45) is 1.09. The van der Waals surface area contributed by atoms with E-state index in [2.05, 4.69) is 0 Å². The third-order valence-corrected chi connectivity index (χ3v) is 2.18. The van der Waals surface area contributed by atoms with Crippen LogP contribution in [-0.2, 0) is 6.42 Å². The molecule has 0 spiro atoms. The molecule has 0 bridgehead atoms. The highest BCUT2D eigenvalue weighted by Crippen LogP contribution is 2.14. The molecule has 1 unspecified atom stereocenters. The van der Waals surface area contributed by atoms with Gasteiger partial charge in [0.2, 0.25) is 0 Å². The predicted octanol–water partition coefficient (Wildman–Crippen LogP) is 0.604. The number of hydrogen-bond acceptors (Lipinski definition) is 3. The van der Waals surface area contributed by atoms with E-state index in [0.717, 1.165) is 24.0 Å². The Morgan fingerprint density at radius 2 is 2.14 bits per heavy atom. The number of rotatable bonds is 5. The summed E-state index contributed by atoms with van der Waals surface area (Å²) < 4.78 is 0. The lowest BCUT2D eigenvalue weighted by atomic mass is 10.0. The molecule has 0 saturated heterocycles. The molecule has 0 fully saturated rings. The molecule has 0 aliphatic carbocycles. The summed E-state index contributed by atoms with van der Waals surface area (Å²) in [5.74, 6) is 0. The van der Waals surface area contributed by atoms with E-state index in [0.29, 0.717) is 6.54 Å². The van der Waals surface area contributed by atoms with Gasteiger partial charge in [0.05, 0.1) is 6.61 Å². The van der Waals surface area contributed by atoms with Crippen molar-refractivity contribution in [3.8, 4) is 0 Å². The third-order valence-electron chi connectivity index (χ3n) is 2.18. The van der Waals surface area contributed by atoms with E-state index in [1.54, 1.807) is 0 Å². The standard InChI is InChI=1S/C11H17NO2/c12-6-2-4-9-3-1-5-10(7-9)11(14)8-13/h1,3,5,7,11,13-14H,2,4,6,8,12H2. The summed E-state index contributed by atoms with van der Waals surface area (Å²) in [6, 6.07) is 7.62. The van der Waals surface area contributed by atoms with Gasteiger partial charge in [-0.2, -0.15) is 0 Å². The first-order valence-corrected chi connectivity index (χ1v) is 4.85. The molecule has 0 amide bonds. The molecule has 0 saturated carbocycles. The van der Waals surface area contributed by atoms with E-state index < -0.39 is 6.10 Å². The number of aryl methyl sites for hydroxylation is 1. The summed E-state index contributed by atoms with van der Waals surface area (Å²) in [4.78, 5) is 0. The predicted molar refractivity (Wildman–Crippen MR) is 55.9 cm³/mol. The normalized spacial score (nSPS) is 12.8. The maximum Gasteiger partial charge on any atom is 0.102 e. The SMILES string of the molecule is NCCCc1cccc(C(O)CO)c1. The minimum Gasteiger partial charge on any atom is -0.393 e. The fourth-order valence-electron chi connectivity index (χ4n) is 1.37. The van der Waals surface area contributed by atoms with E-state index >= 15 is 0 Å². The Labute approximate surface area is 84.2 Å². The molecule has 14 heavy (non-hydrogen) atoms. The Balaban J connectivity index is 2.68. The molecule has 4 N–H and O–H groups in total. The lowest BCUT2D eigenvalue weighted by Crippen LogP contribution is -2.04. The molecule has 1 aromatic carbocycles. The molecule has 78 valence electrons. The number of nitrogens with two attached hydrogens (primary N) is 1. The molecule has 3 heteroatoms. The van der Waals surface area contributed by atoms with Crippen molar-refractivity contribution in [2.45, 2.75) is 18.9 Å². The molecular formula is C11H17NO2. The van der Waals surface area contributed by atoms with E-state index in [9.17, 15) is 5.11 Å². The van der Waals surface area contributed by atoms with Crippen molar-refractivity contribution in [2.75, 3.05) is 13.2 Å². The lowest BCUT2D eigenvalue weighted by molar-refractivity contribution is 0.0955. The van der Waals surface area contributed by atoms with Crippen molar-refractivity contribution in [1.29, 1.82) is 0 Å². The van der Waals surface area contributed by atoms with E-state index in [1.165, 1.54) is 0 Å². The number of hydrogen-bond donors (Lipinski definition) is 3. The van der Waals surface area contributed by atoms with E-state index in [-0.39, 0.29) is 6.61 Å². The first-order valence-electron chi connectivity index (χ1n) is 4.85. The van der Waals surface area contributed by atoms with Crippen LogP contribution < -0.4 is 5.73 Å². The fourth-order valence-corrected chi connectivity index (χ4v) is 1.37. The Morgan fingerprint density at radius 1 is 1.36 bits per heavy atom. The highest BCUT2D eigenvalue weighted by atomic mass is 16.3. The van der Waals surface area contributed by atoms with Crippen LogP contribution >= 0.6 is 0 Å². The van der Waals surface area contributed by atoms with Gasteiger partial charge in [0, 0.05) is 0 Å². The van der Waals surface area contributed by atoms with E-state index in [1.807, 2.05) is 24.3 Å². The van der Waals surface area contributed by atoms with Gasteiger partial charge in [0.25, 0.3) is 0 Å². The van der Waals surface area contributed by atoms with Crippen LogP contribution in [0.25, 0.3) is 0 Å². The Hall–Kier alpha value is -0.900. The largest absolute Gasteiger partial charge is 0.393 e. The molecule has 0 radical (unpaired) electrons. The van der Waals surface area contributed by atoms with Crippen LogP contribution in [0.1, 0.15) is 23.7 Å². The molecule has 0 aliphatic heterocycles. The average Bonchev–Trinajstić information content (AvgIpc) is 2.25. The van der Waals surface area contributed by atoms with Crippen LogP contribution in [0.4, 0.5) is 0 Å². The van der Waals surface area contributed by atoms with E-state index in [4.69, 9.17) is 10.8 Å². The Kier molecular flexibility index (Phi) is 4.59. The van der Waals surface area contributed by atoms with Crippen LogP contribution in [0.5, 0.6) is 0 Å². The maximum absolute atomic E-state index is 9.40.